The number of nitrogens with two attached hydrogens (primary N) is 1. The van der Waals surface area contributed by atoms with Crippen LogP contribution in [-0.4, -0.2) is 43.6 Å². The molecule has 0 bridgehead atoms. The summed E-state index contributed by atoms with van der Waals surface area (Å²) < 4.78 is 8.28. The number of nitrogens with zero attached hydrogens (tertiary/aromatic N) is 5. The standard InChI is InChI=1S/C28H28N6O2/c1-17(2)28(35)33-10-7-20(8-11-33)34-16-19(14-32-34)24-15-31-27(29)26-23(24)12-25(36-26)22-5-3-4-18-13-30-9-6-21(18)22/h3-6,9,12-17,20H,7-8,10-11H2,1-2H3,(H2,29,31). The molecule has 1 aliphatic rings. The molecule has 1 amide bonds. The Morgan fingerprint density at radius 1 is 1.08 bits per heavy atom. The zero-order valence-corrected chi connectivity index (χ0v) is 20.4. The van der Waals surface area contributed by atoms with E-state index in [1.54, 1.807) is 12.4 Å². The predicted molar refractivity (Wildman–Crippen MR) is 140 cm³/mol. The van der Waals surface area contributed by atoms with Crippen molar-refractivity contribution in [1.29, 1.82) is 0 Å². The lowest BCUT2D eigenvalue weighted by Crippen LogP contribution is -2.41. The maximum atomic E-state index is 12.3. The first-order chi connectivity index (χ1) is 17.5. The summed E-state index contributed by atoms with van der Waals surface area (Å²) in [5.74, 6) is 1.35. The number of furan rings is 1. The molecule has 8 nitrogen and oxygen atoms in total. The van der Waals surface area contributed by atoms with Gasteiger partial charge in [0.05, 0.1) is 12.2 Å². The highest BCUT2D eigenvalue weighted by molar-refractivity contribution is 6.03. The minimum atomic E-state index is 0.0312. The van der Waals surface area contributed by atoms with E-state index < -0.39 is 0 Å². The van der Waals surface area contributed by atoms with Crippen LogP contribution in [0.2, 0.25) is 0 Å². The van der Waals surface area contributed by atoms with Crippen molar-refractivity contribution in [2.24, 2.45) is 5.92 Å². The molecular weight excluding hydrogens is 452 g/mol. The Balaban J connectivity index is 1.33. The molecule has 0 spiro atoms. The second-order valence-corrected chi connectivity index (χ2v) is 9.73. The topological polar surface area (TPSA) is 103 Å². The Kier molecular flexibility index (Phi) is 5.44. The summed E-state index contributed by atoms with van der Waals surface area (Å²) in [5.41, 5.74) is 9.66. The molecular formula is C28H28N6O2. The van der Waals surface area contributed by atoms with Gasteiger partial charge in [-0.1, -0.05) is 32.0 Å². The van der Waals surface area contributed by atoms with Crippen molar-refractivity contribution < 1.29 is 9.21 Å². The van der Waals surface area contributed by atoms with Crippen molar-refractivity contribution in [2.45, 2.75) is 32.7 Å². The number of carbonyl (C=O) groups excluding carboxylic acids is 1. The third-order valence-corrected chi connectivity index (χ3v) is 7.09. The van der Waals surface area contributed by atoms with Gasteiger partial charge in [-0.05, 0) is 30.4 Å². The van der Waals surface area contributed by atoms with Gasteiger partial charge in [0.15, 0.2) is 11.4 Å². The number of anilines is 1. The maximum absolute atomic E-state index is 12.3. The number of pyridine rings is 2. The normalized spacial score (nSPS) is 14.8. The van der Waals surface area contributed by atoms with Crippen LogP contribution in [0.4, 0.5) is 5.82 Å². The third kappa shape index (κ3) is 3.79. The number of nitrogen functional groups attached to an aromatic ring is 1. The van der Waals surface area contributed by atoms with Crippen LogP contribution in [0.1, 0.15) is 32.7 Å². The molecule has 0 atom stereocenters. The van der Waals surface area contributed by atoms with E-state index in [2.05, 4.69) is 21.3 Å². The quantitative estimate of drug-likeness (QED) is 0.374. The van der Waals surface area contributed by atoms with E-state index in [-0.39, 0.29) is 17.9 Å². The van der Waals surface area contributed by atoms with Gasteiger partial charge >= 0.3 is 0 Å². The van der Waals surface area contributed by atoms with Crippen LogP contribution in [0.25, 0.3) is 44.2 Å². The lowest BCUT2D eigenvalue weighted by atomic mass is 10.0. The van der Waals surface area contributed by atoms with E-state index in [9.17, 15) is 4.79 Å². The Hall–Kier alpha value is -4.20. The number of piperidine rings is 1. The van der Waals surface area contributed by atoms with Crippen LogP contribution in [-0.2, 0) is 4.79 Å². The highest BCUT2D eigenvalue weighted by atomic mass is 16.3. The molecule has 0 radical (unpaired) electrons. The SMILES string of the molecule is CC(C)C(=O)N1CCC(n2cc(-c3cnc(N)c4oc(-c5cccc6cnccc56)cc34)cn2)CC1. The Labute approximate surface area is 208 Å². The molecule has 1 aliphatic heterocycles. The zero-order chi connectivity index (χ0) is 24.8. The highest BCUT2D eigenvalue weighted by Crippen LogP contribution is 2.38. The van der Waals surface area contributed by atoms with Gasteiger partial charge in [-0.25, -0.2) is 4.98 Å². The van der Waals surface area contributed by atoms with Crippen LogP contribution < -0.4 is 5.73 Å². The lowest BCUT2D eigenvalue weighted by molar-refractivity contribution is -0.135. The molecule has 2 N–H and O–H groups in total. The van der Waals surface area contributed by atoms with E-state index in [0.717, 1.165) is 64.5 Å². The minimum Gasteiger partial charge on any atom is -0.452 e. The Morgan fingerprint density at radius 2 is 1.92 bits per heavy atom. The van der Waals surface area contributed by atoms with Gasteiger partial charge in [0, 0.05) is 71.3 Å². The number of amides is 1. The number of hydrogen-bond acceptors (Lipinski definition) is 6. The number of fused-ring (bicyclic) bond motifs is 2. The van der Waals surface area contributed by atoms with Crippen LogP contribution in [0.3, 0.4) is 0 Å². The van der Waals surface area contributed by atoms with Crippen molar-refractivity contribution in [3.63, 3.8) is 0 Å². The van der Waals surface area contributed by atoms with Crippen molar-refractivity contribution in [1.82, 2.24) is 24.6 Å². The summed E-state index contributed by atoms with van der Waals surface area (Å²) in [7, 11) is 0. The average molecular weight is 481 g/mol. The fourth-order valence-electron chi connectivity index (χ4n) is 5.14. The second-order valence-electron chi connectivity index (χ2n) is 9.73. The summed E-state index contributed by atoms with van der Waals surface area (Å²) >= 11 is 0. The molecule has 8 heteroatoms. The van der Waals surface area contributed by atoms with Gasteiger partial charge in [0.2, 0.25) is 5.91 Å². The number of carbonyl (C=O) groups is 1. The third-order valence-electron chi connectivity index (χ3n) is 7.09. The molecule has 0 aliphatic carbocycles. The molecule has 4 aromatic heterocycles. The molecule has 182 valence electrons. The summed E-state index contributed by atoms with van der Waals surface area (Å²) in [6.45, 7) is 5.43. The number of hydrogen-bond donors (Lipinski definition) is 1. The molecule has 5 aromatic rings. The fraction of sp³-hybridized carbons (Fsp3) is 0.286. The number of rotatable bonds is 4. The summed E-state index contributed by atoms with van der Waals surface area (Å²) in [5, 5.41) is 7.69. The average Bonchev–Trinajstić information content (AvgIpc) is 3.57. The molecule has 1 fully saturated rings. The van der Waals surface area contributed by atoms with E-state index in [0.29, 0.717) is 11.4 Å². The molecule has 36 heavy (non-hydrogen) atoms. The van der Waals surface area contributed by atoms with E-state index in [4.69, 9.17) is 10.2 Å². The first-order valence-corrected chi connectivity index (χ1v) is 12.3. The van der Waals surface area contributed by atoms with Crippen molar-refractivity contribution in [3.05, 3.63) is 61.3 Å². The number of aromatic nitrogens is 4. The number of benzene rings is 1. The fourth-order valence-corrected chi connectivity index (χ4v) is 5.14. The minimum absolute atomic E-state index is 0.0312. The predicted octanol–water partition coefficient (Wildman–Crippen LogP) is 5.31. The summed E-state index contributed by atoms with van der Waals surface area (Å²) in [4.78, 5) is 22.9. The zero-order valence-electron chi connectivity index (χ0n) is 20.4. The molecule has 6 rings (SSSR count). The summed E-state index contributed by atoms with van der Waals surface area (Å²) in [6.07, 6.45) is 11.1. The van der Waals surface area contributed by atoms with Gasteiger partial charge < -0.3 is 15.1 Å². The van der Waals surface area contributed by atoms with Gasteiger partial charge in [0.25, 0.3) is 0 Å². The van der Waals surface area contributed by atoms with Crippen LogP contribution in [0.5, 0.6) is 0 Å². The van der Waals surface area contributed by atoms with E-state index in [1.807, 2.05) is 66.2 Å². The Morgan fingerprint density at radius 3 is 2.72 bits per heavy atom. The molecule has 0 saturated carbocycles. The smallest absolute Gasteiger partial charge is 0.225 e. The highest BCUT2D eigenvalue weighted by Gasteiger charge is 2.26. The van der Waals surface area contributed by atoms with Crippen molar-refractivity contribution in [3.8, 4) is 22.5 Å². The first-order valence-electron chi connectivity index (χ1n) is 12.3. The second kappa shape index (κ2) is 8.78. The number of likely N-dealkylation sites (tertiary alicyclic amines) is 1. The van der Waals surface area contributed by atoms with Gasteiger partial charge in [-0.3, -0.25) is 14.5 Å². The van der Waals surface area contributed by atoms with Crippen LogP contribution >= 0.6 is 0 Å². The van der Waals surface area contributed by atoms with E-state index >= 15 is 0 Å². The van der Waals surface area contributed by atoms with Crippen molar-refractivity contribution >= 4 is 33.5 Å². The lowest BCUT2D eigenvalue weighted by Gasteiger charge is -2.33. The molecule has 1 saturated heterocycles. The molecule has 1 aromatic carbocycles. The molecule has 0 unspecified atom stereocenters. The monoisotopic (exact) mass is 480 g/mol. The molecule has 5 heterocycles. The van der Waals surface area contributed by atoms with Crippen LogP contribution in [0, 0.1) is 5.92 Å². The largest absolute Gasteiger partial charge is 0.452 e. The van der Waals surface area contributed by atoms with Gasteiger partial charge in [0.1, 0.15) is 5.76 Å². The van der Waals surface area contributed by atoms with Crippen molar-refractivity contribution in [2.75, 3.05) is 18.8 Å². The van der Waals surface area contributed by atoms with Gasteiger partial charge in [-0.15, -0.1) is 0 Å². The van der Waals surface area contributed by atoms with Crippen LogP contribution in [0.15, 0.2) is 65.7 Å². The van der Waals surface area contributed by atoms with E-state index in [1.165, 1.54) is 0 Å². The maximum Gasteiger partial charge on any atom is 0.225 e. The van der Waals surface area contributed by atoms with Gasteiger partial charge in [-0.2, -0.15) is 5.10 Å². The first kappa shape index (κ1) is 22.3. The summed E-state index contributed by atoms with van der Waals surface area (Å²) in [6, 6.07) is 10.4. The Bertz CT molecular complexity index is 1570.